The Bertz CT molecular complexity index is 1040. The van der Waals surface area contributed by atoms with Gasteiger partial charge in [0.15, 0.2) is 5.69 Å². The summed E-state index contributed by atoms with van der Waals surface area (Å²) in [5.41, 5.74) is 5.94. The van der Waals surface area contributed by atoms with Crippen LogP contribution in [0, 0.1) is 11.7 Å². The van der Waals surface area contributed by atoms with Crippen LogP contribution in [0.4, 0.5) is 10.1 Å². The maximum atomic E-state index is 13.2. The van der Waals surface area contributed by atoms with Crippen LogP contribution in [0.5, 0.6) is 0 Å². The van der Waals surface area contributed by atoms with Gasteiger partial charge in [-0.2, -0.15) is 0 Å². The molecular weight excluding hydrogens is 453 g/mol. The van der Waals surface area contributed by atoms with E-state index in [4.69, 9.17) is 22.1 Å². The molecule has 0 unspecified atom stereocenters. The second-order valence-corrected chi connectivity index (χ2v) is 8.57. The topological polar surface area (TPSA) is 128 Å². The monoisotopic (exact) mass is 479 g/mol. The molecule has 1 aromatic carbocycles. The number of benzene rings is 1. The van der Waals surface area contributed by atoms with Gasteiger partial charge in [0, 0.05) is 25.1 Å². The van der Waals surface area contributed by atoms with Crippen molar-refractivity contribution in [2.75, 3.05) is 19.0 Å². The van der Waals surface area contributed by atoms with Gasteiger partial charge >= 0.3 is 0 Å². The minimum atomic E-state index is -0.747. The molecule has 1 aliphatic carbocycles. The lowest BCUT2D eigenvalue weighted by molar-refractivity contribution is -0.121. The minimum Gasteiger partial charge on any atom is -0.383 e. The first-order valence-corrected chi connectivity index (χ1v) is 11.0. The second-order valence-electron chi connectivity index (χ2n) is 8.16. The van der Waals surface area contributed by atoms with E-state index >= 15 is 0 Å². The van der Waals surface area contributed by atoms with Crippen molar-refractivity contribution in [2.24, 2.45) is 11.7 Å². The molecule has 1 fully saturated rings. The van der Waals surface area contributed by atoms with E-state index in [0.29, 0.717) is 38.0 Å². The van der Waals surface area contributed by atoms with Gasteiger partial charge in [0.1, 0.15) is 11.5 Å². The number of nitrogens with two attached hydrogens (primary N) is 1. The number of anilines is 1. The maximum Gasteiger partial charge on any atom is 0.272 e. The predicted octanol–water partition coefficient (Wildman–Crippen LogP) is 2.91. The van der Waals surface area contributed by atoms with E-state index in [1.165, 1.54) is 25.6 Å². The highest BCUT2D eigenvalue weighted by atomic mass is 35.5. The van der Waals surface area contributed by atoms with Crippen molar-refractivity contribution in [2.45, 2.75) is 44.7 Å². The Kier molecular flexibility index (Phi) is 8.04. The number of nitrogens with one attached hydrogen (secondary N) is 2. The average molecular weight is 480 g/mol. The Morgan fingerprint density at radius 1 is 1.30 bits per heavy atom. The number of carbonyl (C=O) groups is 3. The molecule has 9 nitrogen and oxygen atoms in total. The number of hydrogen-bond acceptors (Lipinski definition) is 5. The Labute approximate surface area is 195 Å². The first kappa shape index (κ1) is 24.7. The van der Waals surface area contributed by atoms with Crippen molar-refractivity contribution < 1.29 is 23.5 Å². The fourth-order valence-corrected chi connectivity index (χ4v) is 4.29. The van der Waals surface area contributed by atoms with Gasteiger partial charge in [0.05, 0.1) is 23.6 Å². The molecule has 178 valence electrons. The lowest BCUT2D eigenvalue weighted by Crippen LogP contribution is -2.37. The van der Waals surface area contributed by atoms with Crippen molar-refractivity contribution in [1.29, 1.82) is 0 Å². The molecule has 0 saturated heterocycles. The molecule has 3 amide bonds. The molecule has 1 atom stereocenters. The number of hydrogen-bond donors (Lipinski definition) is 3. The summed E-state index contributed by atoms with van der Waals surface area (Å²) in [7, 11) is 1.52. The molecule has 4 N–H and O–H groups in total. The number of imidazole rings is 1. The zero-order valence-corrected chi connectivity index (χ0v) is 19.2. The van der Waals surface area contributed by atoms with Crippen LogP contribution >= 0.6 is 11.6 Å². The fourth-order valence-electron chi connectivity index (χ4n) is 4.07. The van der Waals surface area contributed by atoms with E-state index in [0.717, 1.165) is 6.07 Å². The van der Waals surface area contributed by atoms with E-state index in [2.05, 4.69) is 15.6 Å². The summed E-state index contributed by atoms with van der Waals surface area (Å²) in [5.74, 6) is -2.19. The lowest BCUT2D eigenvalue weighted by atomic mass is 9.85. The molecule has 0 spiro atoms. The van der Waals surface area contributed by atoms with E-state index in [9.17, 15) is 18.8 Å². The molecular formula is C22H27ClFN5O4. The highest BCUT2D eigenvalue weighted by Crippen LogP contribution is 2.34. The summed E-state index contributed by atoms with van der Waals surface area (Å²) in [6.07, 6.45) is 3.73. The summed E-state index contributed by atoms with van der Waals surface area (Å²) in [4.78, 5) is 41.5. The van der Waals surface area contributed by atoms with Gasteiger partial charge in [0.2, 0.25) is 5.91 Å². The van der Waals surface area contributed by atoms with Crippen molar-refractivity contribution in [1.82, 2.24) is 14.9 Å². The molecule has 0 bridgehead atoms. The number of ether oxygens (including phenoxy) is 1. The Hall–Kier alpha value is -2.98. The van der Waals surface area contributed by atoms with Gasteiger partial charge in [-0.15, -0.1) is 0 Å². The molecule has 0 radical (unpaired) electrons. The van der Waals surface area contributed by atoms with Crippen LogP contribution in [-0.2, 0) is 9.53 Å². The molecule has 1 aromatic heterocycles. The maximum absolute atomic E-state index is 13.2. The number of methoxy groups -OCH3 is 1. The molecule has 33 heavy (non-hydrogen) atoms. The third kappa shape index (κ3) is 5.88. The van der Waals surface area contributed by atoms with Crippen LogP contribution in [0.3, 0.4) is 0 Å². The summed E-state index contributed by atoms with van der Waals surface area (Å²) in [6.45, 7) is 2.08. The SMILES string of the molecule is COC[C@H](C)NC(=O)c1ncn(C2CCC(C(=O)Nc3ccc(F)cc3Cl)CC2)c1C(N)=O. The third-order valence-corrected chi connectivity index (χ3v) is 6.00. The van der Waals surface area contributed by atoms with Crippen LogP contribution in [0.15, 0.2) is 24.5 Å². The Balaban J connectivity index is 1.66. The van der Waals surface area contributed by atoms with Gasteiger partial charge in [-0.1, -0.05) is 11.6 Å². The predicted molar refractivity (Wildman–Crippen MR) is 121 cm³/mol. The van der Waals surface area contributed by atoms with Crippen LogP contribution in [-0.4, -0.2) is 47.0 Å². The molecule has 1 heterocycles. The lowest BCUT2D eigenvalue weighted by Gasteiger charge is -2.29. The van der Waals surface area contributed by atoms with E-state index in [1.54, 1.807) is 11.5 Å². The van der Waals surface area contributed by atoms with Gasteiger partial charge in [-0.05, 0) is 50.8 Å². The van der Waals surface area contributed by atoms with Crippen LogP contribution in [0.2, 0.25) is 5.02 Å². The average Bonchev–Trinajstić information content (AvgIpc) is 3.21. The molecule has 11 heteroatoms. The molecule has 2 aromatic rings. The summed E-state index contributed by atoms with van der Waals surface area (Å²) >= 11 is 5.99. The third-order valence-electron chi connectivity index (χ3n) is 5.69. The van der Waals surface area contributed by atoms with Crippen molar-refractivity contribution >= 4 is 35.0 Å². The van der Waals surface area contributed by atoms with E-state index < -0.39 is 17.6 Å². The number of aromatic nitrogens is 2. The van der Waals surface area contributed by atoms with Gasteiger partial charge in [-0.25, -0.2) is 9.37 Å². The van der Waals surface area contributed by atoms with Gasteiger partial charge in [0.25, 0.3) is 11.8 Å². The summed E-state index contributed by atoms with van der Waals surface area (Å²) in [6, 6.07) is 3.40. The normalized spacial score (nSPS) is 19.0. The van der Waals surface area contributed by atoms with Crippen molar-refractivity contribution in [3.8, 4) is 0 Å². The standard InChI is InChI=1S/C22H27ClFN5O4/c1-12(10-33-2)27-22(32)18-19(20(25)30)29(11-26-18)15-6-3-13(4-7-15)21(31)28-17-8-5-14(24)9-16(17)23/h5,8-9,11-13,15H,3-4,6-7,10H2,1-2H3,(H2,25,30)(H,27,32)(H,28,31)/t12-,13?,15?/m0/s1. The van der Waals surface area contributed by atoms with Gasteiger partial charge < -0.3 is 25.7 Å². The smallest absolute Gasteiger partial charge is 0.272 e. The highest BCUT2D eigenvalue weighted by molar-refractivity contribution is 6.33. The van der Waals surface area contributed by atoms with E-state index in [1.807, 2.05) is 0 Å². The Morgan fingerprint density at radius 2 is 2.00 bits per heavy atom. The Morgan fingerprint density at radius 3 is 2.61 bits per heavy atom. The zero-order valence-electron chi connectivity index (χ0n) is 18.4. The number of rotatable bonds is 8. The first-order valence-electron chi connectivity index (χ1n) is 10.6. The number of primary amides is 1. The number of nitrogens with zero attached hydrogens (tertiary/aromatic N) is 2. The molecule has 0 aliphatic heterocycles. The minimum absolute atomic E-state index is 0.0312. The van der Waals surface area contributed by atoms with Crippen LogP contribution in [0.25, 0.3) is 0 Å². The second kappa shape index (κ2) is 10.8. The van der Waals surface area contributed by atoms with Crippen molar-refractivity contribution in [3.63, 3.8) is 0 Å². The quantitative estimate of drug-likeness (QED) is 0.536. The van der Waals surface area contributed by atoms with Crippen LogP contribution < -0.4 is 16.4 Å². The number of halogens is 2. The van der Waals surface area contributed by atoms with E-state index in [-0.39, 0.29) is 40.3 Å². The largest absolute Gasteiger partial charge is 0.383 e. The first-order chi connectivity index (χ1) is 15.7. The molecule has 1 saturated carbocycles. The van der Waals surface area contributed by atoms with Crippen LogP contribution in [0.1, 0.15) is 59.6 Å². The zero-order chi connectivity index (χ0) is 24.1. The van der Waals surface area contributed by atoms with Crippen molar-refractivity contribution in [3.05, 3.63) is 46.8 Å². The molecule has 1 aliphatic rings. The molecule has 3 rings (SSSR count). The highest BCUT2D eigenvalue weighted by Gasteiger charge is 2.31. The summed E-state index contributed by atoms with van der Waals surface area (Å²) in [5, 5.41) is 5.60. The summed E-state index contributed by atoms with van der Waals surface area (Å²) < 4.78 is 19.8. The fraction of sp³-hybridized carbons (Fsp3) is 0.455. The number of carbonyl (C=O) groups excluding carboxylic acids is 3. The van der Waals surface area contributed by atoms with Gasteiger partial charge in [-0.3, -0.25) is 14.4 Å². The number of amides is 3.